The second kappa shape index (κ2) is 5.42. The number of rotatable bonds is 4. The van der Waals surface area contributed by atoms with Crippen molar-refractivity contribution in [2.24, 2.45) is 0 Å². The SMILES string of the molecule is N#Cc1c(SCC(=O)NC2CC2)sc2c(O)cc(=O)[nH]c12. The van der Waals surface area contributed by atoms with E-state index in [1.165, 1.54) is 23.1 Å². The topological polar surface area (TPSA) is 106 Å². The summed E-state index contributed by atoms with van der Waals surface area (Å²) in [7, 11) is 0. The molecule has 108 valence electrons. The zero-order chi connectivity index (χ0) is 15.0. The minimum absolute atomic E-state index is 0.0680. The number of aromatic hydroxyl groups is 1. The predicted molar refractivity (Wildman–Crippen MR) is 80.7 cm³/mol. The fourth-order valence-corrected chi connectivity index (χ4v) is 4.04. The largest absolute Gasteiger partial charge is 0.506 e. The van der Waals surface area contributed by atoms with Gasteiger partial charge >= 0.3 is 0 Å². The molecule has 8 heteroatoms. The van der Waals surface area contributed by atoms with Crippen LogP contribution in [0.2, 0.25) is 0 Å². The highest BCUT2D eigenvalue weighted by Gasteiger charge is 2.24. The third kappa shape index (κ3) is 2.89. The maximum Gasteiger partial charge on any atom is 0.252 e. The molecule has 1 saturated carbocycles. The molecule has 3 N–H and O–H groups in total. The van der Waals surface area contributed by atoms with Crippen LogP contribution in [0.4, 0.5) is 0 Å². The van der Waals surface area contributed by atoms with Crippen LogP contribution in [0.25, 0.3) is 10.2 Å². The molecule has 1 amide bonds. The van der Waals surface area contributed by atoms with E-state index >= 15 is 0 Å². The third-order valence-corrected chi connectivity index (χ3v) is 5.50. The summed E-state index contributed by atoms with van der Waals surface area (Å²) < 4.78 is 1.08. The Morgan fingerprint density at radius 3 is 3.05 bits per heavy atom. The Hall–Kier alpha value is -1.98. The zero-order valence-corrected chi connectivity index (χ0v) is 12.4. The van der Waals surface area contributed by atoms with Gasteiger partial charge in [-0.2, -0.15) is 5.26 Å². The number of nitrogens with one attached hydrogen (secondary N) is 2. The molecule has 0 atom stereocenters. The van der Waals surface area contributed by atoms with E-state index in [-0.39, 0.29) is 17.4 Å². The fourth-order valence-electron chi connectivity index (χ4n) is 1.89. The second-order valence-corrected chi connectivity index (χ2v) is 6.99. The smallest absolute Gasteiger partial charge is 0.252 e. The van der Waals surface area contributed by atoms with E-state index in [0.29, 0.717) is 26.0 Å². The van der Waals surface area contributed by atoms with Crippen molar-refractivity contribution < 1.29 is 9.90 Å². The van der Waals surface area contributed by atoms with Crippen molar-refractivity contribution in [3.8, 4) is 11.8 Å². The van der Waals surface area contributed by atoms with Crippen LogP contribution in [-0.2, 0) is 4.79 Å². The molecule has 0 radical (unpaired) electrons. The monoisotopic (exact) mass is 321 g/mol. The molecule has 6 nitrogen and oxygen atoms in total. The van der Waals surface area contributed by atoms with Gasteiger partial charge in [-0.3, -0.25) is 9.59 Å². The maximum atomic E-state index is 11.7. The molecule has 2 aromatic heterocycles. The Labute approximate surface area is 127 Å². The Bertz CT molecular complexity index is 814. The van der Waals surface area contributed by atoms with E-state index in [0.717, 1.165) is 18.9 Å². The minimum atomic E-state index is -0.461. The molecule has 0 bridgehead atoms. The number of carbonyl (C=O) groups excluding carboxylic acids is 1. The van der Waals surface area contributed by atoms with Gasteiger partial charge in [0, 0.05) is 12.1 Å². The first-order valence-electron chi connectivity index (χ1n) is 6.29. The van der Waals surface area contributed by atoms with Gasteiger partial charge in [-0.1, -0.05) is 0 Å². The van der Waals surface area contributed by atoms with Crippen LogP contribution in [0.5, 0.6) is 5.75 Å². The van der Waals surface area contributed by atoms with E-state index in [4.69, 9.17) is 0 Å². The summed E-state index contributed by atoms with van der Waals surface area (Å²) in [6.45, 7) is 0. The van der Waals surface area contributed by atoms with Gasteiger partial charge < -0.3 is 15.4 Å². The summed E-state index contributed by atoms with van der Waals surface area (Å²) >= 11 is 2.44. The lowest BCUT2D eigenvalue weighted by atomic mass is 10.3. The maximum absolute atomic E-state index is 11.7. The molecular weight excluding hydrogens is 310 g/mol. The number of nitriles is 1. The average molecular weight is 321 g/mol. The van der Waals surface area contributed by atoms with Crippen molar-refractivity contribution in [3.05, 3.63) is 22.0 Å². The molecule has 0 unspecified atom stereocenters. The van der Waals surface area contributed by atoms with Crippen molar-refractivity contribution in [3.63, 3.8) is 0 Å². The van der Waals surface area contributed by atoms with Crippen LogP contribution < -0.4 is 10.9 Å². The highest BCUT2D eigenvalue weighted by atomic mass is 32.2. The second-order valence-electron chi connectivity index (χ2n) is 4.73. The molecule has 0 aromatic carbocycles. The number of nitrogens with zero attached hydrogens (tertiary/aromatic N) is 1. The lowest BCUT2D eigenvalue weighted by molar-refractivity contribution is -0.118. The van der Waals surface area contributed by atoms with Gasteiger partial charge in [0.1, 0.15) is 17.4 Å². The van der Waals surface area contributed by atoms with E-state index in [1.807, 2.05) is 6.07 Å². The van der Waals surface area contributed by atoms with Gasteiger partial charge in [0.25, 0.3) is 5.56 Å². The standard InChI is InChI=1S/C13H11N3O3S2/c14-4-7-11-12(8(17)3-9(18)16-11)21-13(7)20-5-10(19)15-6-1-2-6/h3,6H,1-2,5H2,(H,15,19)(H2,16,17,18). The Morgan fingerprint density at radius 2 is 2.38 bits per heavy atom. The molecule has 1 fully saturated rings. The number of carbonyl (C=O) groups is 1. The summed E-state index contributed by atoms with van der Waals surface area (Å²) in [5.74, 6) is -0.00527. The van der Waals surface area contributed by atoms with Crippen LogP contribution >= 0.6 is 23.1 Å². The number of thioether (sulfide) groups is 1. The van der Waals surface area contributed by atoms with Gasteiger partial charge in [-0.15, -0.1) is 23.1 Å². The van der Waals surface area contributed by atoms with Gasteiger partial charge in [-0.25, -0.2) is 0 Å². The van der Waals surface area contributed by atoms with Gasteiger partial charge in [-0.05, 0) is 12.8 Å². The molecule has 1 aliphatic carbocycles. The summed E-state index contributed by atoms with van der Waals surface area (Å²) in [5.41, 5.74) is 0.169. The molecular formula is C13H11N3O3S2. The van der Waals surface area contributed by atoms with Crippen molar-refractivity contribution in [2.45, 2.75) is 23.1 Å². The van der Waals surface area contributed by atoms with Crippen molar-refractivity contribution >= 4 is 39.2 Å². The quantitative estimate of drug-likeness (QED) is 0.741. The van der Waals surface area contributed by atoms with Crippen LogP contribution in [0.3, 0.4) is 0 Å². The summed E-state index contributed by atoms with van der Waals surface area (Å²) in [4.78, 5) is 25.6. The molecule has 2 aromatic rings. The third-order valence-electron chi connectivity index (χ3n) is 3.01. The summed E-state index contributed by atoms with van der Waals surface area (Å²) in [6, 6.07) is 3.41. The molecule has 2 heterocycles. The number of pyridine rings is 1. The Morgan fingerprint density at radius 1 is 1.62 bits per heavy atom. The molecule has 1 aliphatic rings. The van der Waals surface area contributed by atoms with E-state index in [9.17, 15) is 20.0 Å². The summed E-state index contributed by atoms with van der Waals surface area (Å²) in [5, 5.41) is 21.9. The van der Waals surface area contributed by atoms with E-state index in [2.05, 4.69) is 10.3 Å². The van der Waals surface area contributed by atoms with E-state index < -0.39 is 5.56 Å². The van der Waals surface area contributed by atoms with Gasteiger partial charge in [0.15, 0.2) is 0 Å². The highest BCUT2D eigenvalue weighted by Crippen LogP contribution is 2.39. The molecule has 0 spiro atoms. The van der Waals surface area contributed by atoms with Crippen LogP contribution in [0.1, 0.15) is 18.4 Å². The normalized spacial score (nSPS) is 14.0. The van der Waals surface area contributed by atoms with Crippen molar-refractivity contribution in [2.75, 3.05) is 5.75 Å². The number of aromatic nitrogens is 1. The molecule has 0 saturated heterocycles. The summed E-state index contributed by atoms with van der Waals surface area (Å²) in [6.07, 6.45) is 2.05. The van der Waals surface area contributed by atoms with Crippen molar-refractivity contribution in [1.29, 1.82) is 5.26 Å². The predicted octanol–water partition coefficient (Wildman–Crippen LogP) is 1.54. The fraction of sp³-hybridized carbons (Fsp3) is 0.308. The lowest BCUT2D eigenvalue weighted by Crippen LogP contribution is -2.26. The number of hydrogen-bond donors (Lipinski definition) is 3. The number of hydrogen-bond acceptors (Lipinski definition) is 6. The molecule has 0 aliphatic heterocycles. The first-order chi connectivity index (χ1) is 10.1. The zero-order valence-electron chi connectivity index (χ0n) is 10.8. The number of H-pyrrole nitrogens is 1. The minimum Gasteiger partial charge on any atom is -0.506 e. The molecule has 3 rings (SSSR count). The first kappa shape index (κ1) is 14.0. The van der Waals surface area contributed by atoms with E-state index in [1.54, 1.807) is 0 Å². The number of amides is 1. The lowest BCUT2D eigenvalue weighted by Gasteiger charge is -2.01. The van der Waals surface area contributed by atoms with Gasteiger partial charge in [0.2, 0.25) is 5.91 Å². The first-order valence-corrected chi connectivity index (χ1v) is 8.09. The van der Waals surface area contributed by atoms with Gasteiger partial charge in [0.05, 0.1) is 20.2 Å². The molecule has 21 heavy (non-hydrogen) atoms. The average Bonchev–Trinajstić information content (AvgIpc) is 3.16. The van der Waals surface area contributed by atoms with Crippen molar-refractivity contribution in [1.82, 2.24) is 10.3 Å². The number of fused-ring (bicyclic) bond motifs is 1. The number of aromatic amines is 1. The van der Waals surface area contributed by atoms with Crippen LogP contribution in [0.15, 0.2) is 15.1 Å². The number of thiophene rings is 1. The highest BCUT2D eigenvalue weighted by molar-refractivity contribution is 8.02. The Kier molecular flexibility index (Phi) is 3.61. The van der Waals surface area contributed by atoms with Crippen LogP contribution in [0, 0.1) is 11.3 Å². The van der Waals surface area contributed by atoms with Crippen LogP contribution in [-0.4, -0.2) is 27.8 Å². The Balaban J connectivity index is 1.87.